The second-order valence-corrected chi connectivity index (χ2v) is 4.33. The van der Waals surface area contributed by atoms with Gasteiger partial charge in [0.2, 0.25) is 0 Å². The van der Waals surface area contributed by atoms with E-state index in [2.05, 4.69) is 15.5 Å². The molecule has 8 heteroatoms. The summed E-state index contributed by atoms with van der Waals surface area (Å²) in [6, 6.07) is 8.52. The molecule has 0 spiro atoms. The first-order valence-electron chi connectivity index (χ1n) is 5.96. The summed E-state index contributed by atoms with van der Waals surface area (Å²) >= 11 is 0. The van der Waals surface area contributed by atoms with Crippen LogP contribution in [-0.4, -0.2) is 20.2 Å². The Morgan fingerprint density at radius 1 is 1.05 bits per heavy atom. The molecule has 106 valence electrons. The van der Waals surface area contributed by atoms with Gasteiger partial charge in [-0.1, -0.05) is 6.07 Å². The zero-order valence-electron chi connectivity index (χ0n) is 10.7. The Balaban J connectivity index is 2.20. The largest absolute Gasteiger partial charge is 0.399 e. The number of benzene rings is 2. The quantitative estimate of drug-likeness (QED) is 0.701. The van der Waals surface area contributed by atoms with Crippen LogP contribution in [0.1, 0.15) is 0 Å². The first-order chi connectivity index (χ1) is 10.1. The number of anilines is 2. The highest BCUT2D eigenvalue weighted by Crippen LogP contribution is 2.28. The van der Waals surface area contributed by atoms with Gasteiger partial charge < -0.3 is 11.5 Å². The number of hydrogen-bond acceptors (Lipinski definition) is 5. The number of aromatic nitrogens is 4. The molecular weight excluding hydrogens is 278 g/mol. The third-order valence-corrected chi connectivity index (χ3v) is 2.95. The monoisotopic (exact) mass is 288 g/mol. The van der Waals surface area contributed by atoms with E-state index in [1.165, 1.54) is 18.2 Å². The summed E-state index contributed by atoms with van der Waals surface area (Å²) in [4.78, 5) is 0. The van der Waals surface area contributed by atoms with Crippen molar-refractivity contribution in [3.63, 3.8) is 0 Å². The maximum Gasteiger partial charge on any atom is 0.189 e. The first kappa shape index (κ1) is 13.0. The Labute approximate surface area is 118 Å². The van der Waals surface area contributed by atoms with Crippen LogP contribution in [0, 0.1) is 11.6 Å². The zero-order valence-corrected chi connectivity index (χ0v) is 10.7. The minimum Gasteiger partial charge on any atom is -0.399 e. The summed E-state index contributed by atoms with van der Waals surface area (Å²) in [5.41, 5.74) is 12.7. The van der Waals surface area contributed by atoms with Gasteiger partial charge in [0.25, 0.3) is 0 Å². The second-order valence-electron chi connectivity index (χ2n) is 4.33. The smallest absolute Gasteiger partial charge is 0.189 e. The van der Waals surface area contributed by atoms with Crippen LogP contribution < -0.4 is 11.5 Å². The third kappa shape index (κ3) is 2.16. The van der Waals surface area contributed by atoms with Crippen molar-refractivity contribution in [1.29, 1.82) is 0 Å². The van der Waals surface area contributed by atoms with Crippen molar-refractivity contribution >= 4 is 11.4 Å². The lowest BCUT2D eigenvalue weighted by Gasteiger charge is -2.08. The Bertz CT molecular complexity index is 814. The average molecular weight is 288 g/mol. The predicted octanol–water partition coefficient (Wildman–Crippen LogP) is 1.77. The number of tetrazole rings is 1. The minimum absolute atomic E-state index is 0.105. The fourth-order valence-electron chi connectivity index (χ4n) is 1.96. The van der Waals surface area contributed by atoms with Crippen molar-refractivity contribution in [2.45, 2.75) is 0 Å². The van der Waals surface area contributed by atoms with Crippen molar-refractivity contribution < 1.29 is 8.78 Å². The van der Waals surface area contributed by atoms with Crippen LogP contribution in [0.3, 0.4) is 0 Å². The van der Waals surface area contributed by atoms with E-state index < -0.39 is 11.6 Å². The number of nitrogens with zero attached hydrogens (tertiary/aromatic N) is 4. The van der Waals surface area contributed by atoms with Crippen LogP contribution >= 0.6 is 0 Å². The summed E-state index contributed by atoms with van der Waals surface area (Å²) in [7, 11) is 0. The number of nitrogens with two attached hydrogens (primary N) is 2. The van der Waals surface area contributed by atoms with E-state index in [9.17, 15) is 8.78 Å². The molecule has 2 aromatic carbocycles. The summed E-state index contributed by atoms with van der Waals surface area (Å²) in [5, 5.41) is 11.0. The maximum absolute atomic E-state index is 13.9. The van der Waals surface area contributed by atoms with Gasteiger partial charge in [-0.3, -0.25) is 0 Å². The number of nitrogen functional groups attached to an aromatic ring is 2. The van der Waals surface area contributed by atoms with Gasteiger partial charge in [-0.2, -0.15) is 4.68 Å². The average Bonchev–Trinajstić information content (AvgIpc) is 2.91. The van der Waals surface area contributed by atoms with E-state index >= 15 is 0 Å². The molecule has 6 nitrogen and oxygen atoms in total. The van der Waals surface area contributed by atoms with E-state index in [-0.39, 0.29) is 11.5 Å². The molecule has 4 N–H and O–H groups in total. The van der Waals surface area contributed by atoms with E-state index in [0.717, 1.165) is 10.7 Å². The molecule has 0 aliphatic carbocycles. The highest BCUT2D eigenvalue weighted by molar-refractivity contribution is 5.75. The molecule has 1 heterocycles. The van der Waals surface area contributed by atoms with Crippen molar-refractivity contribution in [3.8, 4) is 17.1 Å². The van der Waals surface area contributed by atoms with Crippen molar-refractivity contribution in [2.75, 3.05) is 11.5 Å². The van der Waals surface area contributed by atoms with E-state index in [1.54, 1.807) is 12.1 Å². The summed E-state index contributed by atoms with van der Waals surface area (Å²) in [5.74, 6) is -1.84. The molecule has 0 radical (unpaired) electrons. The highest BCUT2D eigenvalue weighted by atomic mass is 19.2. The van der Waals surface area contributed by atoms with Crippen molar-refractivity contribution in [3.05, 3.63) is 48.0 Å². The lowest BCUT2D eigenvalue weighted by atomic mass is 10.1. The number of halogens is 2. The summed E-state index contributed by atoms with van der Waals surface area (Å²) in [6.07, 6.45) is 0. The molecule has 0 aliphatic rings. The Kier molecular flexibility index (Phi) is 2.98. The summed E-state index contributed by atoms with van der Waals surface area (Å²) < 4.78 is 28.3. The fraction of sp³-hybridized carbons (Fsp3) is 0. The molecule has 0 saturated carbocycles. The van der Waals surface area contributed by atoms with Gasteiger partial charge in [-0.05, 0) is 40.8 Å². The predicted molar refractivity (Wildman–Crippen MR) is 73.3 cm³/mol. The van der Waals surface area contributed by atoms with Crippen molar-refractivity contribution in [1.82, 2.24) is 20.2 Å². The van der Waals surface area contributed by atoms with E-state index in [4.69, 9.17) is 11.5 Å². The fourth-order valence-corrected chi connectivity index (χ4v) is 1.96. The third-order valence-electron chi connectivity index (χ3n) is 2.95. The molecule has 21 heavy (non-hydrogen) atoms. The molecule has 1 aromatic heterocycles. The lowest BCUT2D eigenvalue weighted by Crippen LogP contribution is -2.05. The van der Waals surface area contributed by atoms with Crippen LogP contribution in [0.2, 0.25) is 0 Å². The van der Waals surface area contributed by atoms with Gasteiger partial charge in [-0.25, -0.2) is 8.78 Å². The maximum atomic E-state index is 13.9. The zero-order chi connectivity index (χ0) is 15.0. The standard InChI is InChI=1S/C13H10F2N6/c14-9-2-1-3-11(12(9)15)21-13(18-19-20-21)8-5-4-7(16)6-10(8)17/h1-6H,16-17H2. The highest BCUT2D eigenvalue weighted by Gasteiger charge is 2.18. The van der Waals surface area contributed by atoms with E-state index in [0.29, 0.717) is 16.9 Å². The topological polar surface area (TPSA) is 95.6 Å². The molecule has 0 atom stereocenters. The van der Waals surface area contributed by atoms with Gasteiger partial charge in [0.05, 0.1) is 0 Å². The summed E-state index contributed by atoms with van der Waals surface area (Å²) in [6.45, 7) is 0. The Morgan fingerprint density at radius 3 is 2.62 bits per heavy atom. The van der Waals surface area contributed by atoms with Crippen LogP contribution in [-0.2, 0) is 0 Å². The van der Waals surface area contributed by atoms with Gasteiger partial charge >= 0.3 is 0 Å². The van der Waals surface area contributed by atoms with Gasteiger partial charge in [0, 0.05) is 16.9 Å². The molecule has 0 fully saturated rings. The SMILES string of the molecule is Nc1ccc(-c2nnnn2-c2cccc(F)c2F)c(N)c1. The van der Waals surface area contributed by atoms with Gasteiger partial charge in [0.1, 0.15) is 5.69 Å². The van der Waals surface area contributed by atoms with E-state index in [1.807, 2.05) is 0 Å². The second kappa shape index (κ2) is 4.82. The Morgan fingerprint density at radius 2 is 1.86 bits per heavy atom. The van der Waals surface area contributed by atoms with Crippen LogP contribution in [0.5, 0.6) is 0 Å². The number of rotatable bonds is 2. The van der Waals surface area contributed by atoms with Crippen LogP contribution in [0.4, 0.5) is 20.2 Å². The van der Waals surface area contributed by atoms with Crippen LogP contribution in [0.15, 0.2) is 36.4 Å². The molecule has 0 unspecified atom stereocenters. The Hall–Kier alpha value is -3.03. The van der Waals surface area contributed by atoms with Crippen molar-refractivity contribution in [2.24, 2.45) is 0 Å². The molecule has 0 amide bonds. The normalized spacial score (nSPS) is 10.8. The molecule has 3 rings (SSSR count). The molecular formula is C13H10F2N6. The molecule has 3 aromatic rings. The minimum atomic E-state index is -1.04. The molecule has 0 bridgehead atoms. The molecule has 0 aliphatic heterocycles. The molecule has 0 saturated heterocycles. The van der Waals surface area contributed by atoms with Gasteiger partial charge in [0.15, 0.2) is 17.5 Å². The van der Waals surface area contributed by atoms with Gasteiger partial charge in [-0.15, -0.1) is 5.10 Å². The van der Waals surface area contributed by atoms with Crippen LogP contribution in [0.25, 0.3) is 17.1 Å². The lowest BCUT2D eigenvalue weighted by molar-refractivity contribution is 0.501. The first-order valence-corrected chi connectivity index (χ1v) is 5.96. The number of hydrogen-bond donors (Lipinski definition) is 2.